The number of rotatable bonds is 8. The van der Waals surface area contributed by atoms with Gasteiger partial charge in [0.2, 0.25) is 6.79 Å². The van der Waals surface area contributed by atoms with Crippen molar-refractivity contribution in [1.82, 2.24) is 5.32 Å². The van der Waals surface area contributed by atoms with Gasteiger partial charge in [-0.1, -0.05) is 0 Å². The molecule has 0 unspecified atom stereocenters. The summed E-state index contributed by atoms with van der Waals surface area (Å²) < 4.78 is 27.3. The molecule has 8 nitrogen and oxygen atoms in total. The minimum atomic E-state index is 0. The molecule has 1 aliphatic heterocycles. The second-order valence-corrected chi connectivity index (χ2v) is 5.79. The van der Waals surface area contributed by atoms with Crippen molar-refractivity contribution in [1.29, 1.82) is 0 Å². The average Bonchev–Trinajstić information content (AvgIpc) is 3.19. The molecule has 1 heterocycles. The van der Waals surface area contributed by atoms with Crippen LogP contribution in [0.25, 0.3) is 0 Å². The van der Waals surface area contributed by atoms with E-state index in [0.717, 1.165) is 17.2 Å². The number of guanidine groups is 1. The van der Waals surface area contributed by atoms with E-state index in [1.807, 2.05) is 43.3 Å². The number of ether oxygens (including phenoxy) is 5. The van der Waals surface area contributed by atoms with Crippen LogP contribution >= 0.6 is 24.0 Å². The Balaban J connectivity index is 0.00000300. The van der Waals surface area contributed by atoms with Gasteiger partial charge in [-0.25, -0.2) is 0 Å². The molecule has 0 fully saturated rings. The minimum absolute atomic E-state index is 0. The fraction of sp³-hybridized carbons (Fsp3) is 0.350. The third kappa shape index (κ3) is 6.21. The number of halogens is 1. The van der Waals surface area contributed by atoms with E-state index in [1.165, 1.54) is 0 Å². The lowest BCUT2D eigenvalue weighted by atomic mass is 10.2. The van der Waals surface area contributed by atoms with Crippen molar-refractivity contribution in [2.24, 2.45) is 4.99 Å². The summed E-state index contributed by atoms with van der Waals surface area (Å²) in [6.07, 6.45) is 0. The number of fused-ring (bicyclic) bond motifs is 1. The number of nitrogens with one attached hydrogen (secondary N) is 2. The highest BCUT2D eigenvalue weighted by Gasteiger charge is 2.13. The molecule has 0 aromatic heterocycles. The van der Waals surface area contributed by atoms with Gasteiger partial charge in [-0.05, 0) is 31.2 Å². The van der Waals surface area contributed by atoms with Gasteiger partial charge in [0.1, 0.15) is 12.4 Å². The first kappa shape index (κ1) is 22.7. The molecule has 0 spiro atoms. The third-order valence-electron chi connectivity index (χ3n) is 3.96. The molecule has 0 radical (unpaired) electrons. The maximum Gasteiger partial charge on any atom is 0.231 e. The van der Waals surface area contributed by atoms with Gasteiger partial charge < -0.3 is 34.3 Å². The van der Waals surface area contributed by atoms with Crippen molar-refractivity contribution in [2.75, 3.05) is 46.0 Å². The lowest BCUT2D eigenvalue weighted by Gasteiger charge is -2.15. The highest BCUT2D eigenvalue weighted by Crippen LogP contribution is 2.35. The molecule has 0 atom stereocenters. The van der Waals surface area contributed by atoms with Crippen molar-refractivity contribution in [3.05, 3.63) is 36.4 Å². The van der Waals surface area contributed by atoms with Crippen LogP contribution in [0.3, 0.4) is 0 Å². The zero-order valence-corrected chi connectivity index (χ0v) is 19.0. The zero-order valence-electron chi connectivity index (χ0n) is 16.7. The molecular formula is C20H26IN3O5. The number of hydrogen-bond acceptors (Lipinski definition) is 6. The number of aliphatic imine (C=N–C) groups is 1. The number of nitrogens with zero attached hydrogens (tertiary/aromatic N) is 1. The van der Waals surface area contributed by atoms with Crippen molar-refractivity contribution >= 4 is 35.6 Å². The lowest BCUT2D eigenvalue weighted by molar-refractivity contribution is 0.173. The lowest BCUT2D eigenvalue weighted by Crippen LogP contribution is -2.33. The van der Waals surface area contributed by atoms with Crippen LogP contribution in [0, 0.1) is 0 Å². The molecule has 9 heteroatoms. The Labute approximate surface area is 187 Å². The van der Waals surface area contributed by atoms with Crippen LogP contribution in [-0.2, 0) is 0 Å². The quantitative estimate of drug-likeness (QED) is 0.241. The normalized spacial score (nSPS) is 12.0. The predicted molar refractivity (Wildman–Crippen MR) is 123 cm³/mol. The summed E-state index contributed by atoms with van der Waals surface area (Å²) in [6.45, 7) is 3.80. The van der Waals surface area contributed by atoms with E-state index >= 15 is 0 Å². The Morgan fingerprint density at radius 1 is 1.07 bits per heavy atom. The molecular weight excluding hydrogens is 489 g/mol. The van der Waals surface area contributed by atoms with Gasteiger partial charge in [-0.3, -0.25) is 4.99 Å². The Morgan fingerprint density at radius 2 is 1.90 bits per heavy atom. The van der Waals surface area contributed by atoms with Gasteiger partial charge >= 0.3 is 0 Å². The van der Waals surface area contributed by atoms with Crippen molar-refractivity contribution in [2.45, 2.75) is 6.92 Å². The van der Waals surface area contributed by atoms with E-state index < -0.39 is 0 Å². The van der Waals surface area contributed by atoms with Crippen LogP contribution in [0.2, 0.25) is 0 Å². The average molecular weight is 515 g/mol. The summed E-state index contributed by atoms with van der Waals surface area (Å²) in [4.78, 5) is 4.22. The number of methoxy groups -OCH3 is 1. The smallest absolute Gasteiger partial charge is 0.231 e. The van der Waals surface area contributed by atoms with E-state index in [9.17, 15) is 0 Å². The van der Waals surface area contributed by atoms with Crippen LogP contribution < -0.4 is 34.3 Å². The molecule has 29 heavy (non-hydrogen) atoms. The fourth-order valence-electron chi connectivity index (χ4n) is 2.64. The van der Waals surface area contributed by atoms with E-state index in [0.29, 0.717) is 43.0 Å². The first-order valence-corrected chi connectivity index (χ1v) is 9.04. The Morgan fingerprint density at radius 3 is 2.66 bits per heavy atom. The van der Waals surface area contributed by atoms with Gasteiger partial charge in [0, 0.05) is 24.9 Å². The number of hydrogen-bond donors (Lipinski definition) is 2. The molecule has 0 bridgehead atoms. The Bertz CT molecular complexity index is 832. The summed E-state index contributed by atoms with van der Waals surface area (Å²) in [5.41, 5.74) is 0.838. The molecule has 0 aliphatic carbocycles. The molecule has 1 aliphatic rings. The third-order valence-corrected chi connectivity index (χ3v) is 3.96. The standard InChI is InChI=1S/C20H25N3O5.HI/c1-4-25-16-7-5-14(11-18(16)24-3)23-20(21-2)22-9-10-26-15-6-8-17-19(12-15)28-13-27-17;/h5-8,11-12H,4,9-10,13H2,1-3H3,(H2,21,22,23);1H. The second-order valence-electron chi connectivity index (χ2n) is 5.79. The molecule has 0 saturated carbocycles. The van der Waals surface area contributed by atoms with Gasteiger partial charge in [0.25, 0.3) is 0 Å². The van der Waals surface area contributed by atoms with Crippen LogP contribution in [0.15, 0.2) is 41.4 Å². The molecule has 0 amide bonds. The molecule has 3 rings (SSSR count). The first-order chi connectivity index (χ1) is 13.7. The van der Waals surface area contributed by atoms with Gasteiger partial charge in [0.05, 0.1) is 20.3 Å². The molecule has 158 valence electrons. The molecule has 0 saturated heterocycles. The highest BCUT2D eigenvalue weighted by atomic mass is 127. The number of benzene rings is 2. The molecule has 2 N–H and O–H groups in total. The summed E-state index contributed by atoms with van der Waals surface area (Å²) in [5.74, 6) is 4.16. The topological polar surface area (TPSA) is 82.6 Å². The SMILES string of the molecule is CCOc1ccc(NC(=NC)NCCOc2ccc3c(c2)OCO3)cc1OC.I. The maximum atomic E-state index is 5.74. The van der Waals surface area contributed by atoms with Crippen LogP contribution in [0.1, 0.15) is 6.92 Å². The van der Waals surface area contributed by atoms with Gasteiger partial charge in [0.15, 0.2) is 29.0 Å². The number of anilines is 1. The van der Waals surface area contributed by atoms with Crippen molar-refractivity contribution in [3.8, 4) is 28.7 Å². The van der Waals surface area contributed by atoms with E-state index in [4.69, 9.17) is 23.7 Å². The van der Waals surface area contributed by atoms with E-state index in [1.54, 1.807) is 14.2 Å². The van der Waals surface area contributed by atoms with Crippen LogP contribution in [0.5, 0.6) is 28.7 Å². The minimum Gasteiger partial charge on any atom is -0.493 e. The summed E-state index contributed by atoms with van der Waals surface area (Å²) in [5, 5.41) is 6.42. The summed E-state index contributed by atoms with van der Waals surface area (Å²) >= 11 is 0. The summed E-state index contributed by atoms with van der Waals surface area (Å²) in [6, 6.07) is 11.1. The Hall–Kier alpha value is -2.56. The van der Waals surface area contributed by atoms with Crippen molar-refractivity contribution in [3.63, 3.8) is 0 Å². The van der Waals surface area contributed by atoms with Crippen molar-refractivity contribution < 1.29 is 23.7 Å². The Kier molecular flexibility index (Phi) is 8.97. The molecule has 2 aromatic rings. The zero-order chi connectivity index (χ0) is 19.8. The van der Waals surface area contributed by atoms with Gasteiger partial charge in [-0.15, -0.1) is 24.0 Å². The first-order valence-electron chi connectivity index (χ1n) is 9.04. The van der Waals surface area contributed by atoms with E-state index in [-0.39, 0.29) is 30.8 Å². The second kappa shape index (κ2) is 11.4. The summed E-state index contributed by atoms with van der Waals surface area (Å²) in [7, 11) is 3.32. The predicted octanol–water partition coefficient (Wildman–Crippen LogP) is 3.51. The largest absolute Gasteiger partial charge is 0.493 e. The van der Waals surface area contributed by atoms with Gasteiger partial charge in [-0.2, -0.15) is 0 Å². The fourth-order valence-corrected chi connectivity index (χ4v) is 2.64. The monoisotopic (exact) mass is 515 g/mol. The molecule has 2 aromatic carbocycles. The maximum absolute atomic E-state index is 5.74. The van der Waals surface area contributed by atoms with Crippen LogP contribution in [0.4, 0.5) is 5.69 Å². The highest BCUT2D eigenvalue weighted by molar-refractivity contribution is 14.0. The van der Waals surface area contributed by atoms with Crippen LogP contribution in [-0.4, -0.2) is 46.7 Å². The van der Waals surface area contributed by atoms with E-state index in [2.05, 4.69) is 15.6 Å².